The molecule has 130 valence electrons. The summed E-state index contributed by atoms with van der Waals surface area (Å²) in [4.78, 5) is 15.1. The third kappa shape index (κ3) is 4.14. The molecule has 0 heterocycles. The first kappa shape index (κ1) is 19.3. The number of nitrogens with two attached hydrogens (primary N) is 4. The molecule has 0 bridgehead atoms. The molecule has 1 amide bonds. The van der Waals surface area contributed by atoms with Crippen molar-refractivity contribution < 1.29 is 4.79 Å². The molecule has 0 aromatic heterocycles. The van der Waals surface area contributed by atoms with E-state index in [9.17, 15) is 4.79 Å². The van der Waals surface area contributed by atoms with Crippen molar-refractivity contribution >= 4 is 17.3 Å². The highest BCUT2D eigenvalue weighted by atomic mass is 16.2. The SMILES string of the molecule is CC(C)(CCN)N(C(=O)c1cccc(N)c1N)C(C)(C)CCN. The molecular formula is C17H31N5O. The lowest BCUT2D eigenvalue weighted by Gasteiger charge is -2.49. The summed E-state index contributed by atoms with van der Waals surface area (Å²) in [5.41, 5.74) is 23.7. The molecular weight excluding hydrogens is 290 g/mol. The van der Waals surface area contributed by atoms with Crippen molar-refractivity contribution in [3.8, 4) is 0 Å². The van der Waals surface area contributed by atoms with Gasteiger partial charge in [0.2, 0.25) is 0 Å². The van der Waals surface area contributed by atoms with Crippen LogP contribution in [0.15, 0.2) is 18.2 Å². The number of amides is 1. The zero-order chi connectivity index (χ0) is 17.8. The van der Waals surface area contributed by atoms with Gasteiger partial charge in [-0.15, -0.1) is 0 Å². The van der Waals surface area contributed by atoms with Crippen LogP contribution in [0, 0.1) is 0 Å². The predicted octanol–water partition coefficient (Wildman–Crippen LogP) is 1.55. The molecule has 0 spiro atoms. The molecule has 1 rings (SSSR count). The number of carbonyl (C=O) groups is 1. The Labute approximate surface area is 139 Å². The van der Waals surface area contributed by atoms with Gasteiger partial charge < -0.3 is 27.8 Å². The summed E-state index contributed by atoms with van der Waals surface area (Å²) >= 11 is 0. The van der Waals surface area contributed by atoms with Crippen LogP contribution in [0.4, 0.5) is 11.4 Å². The molecule has 0 unspecified atom stereocenters. The molecule has 1 aromatic carbocycles. The van der Waals surface area contributed by atoms with Crippen LogP contribution in [-0.4, -0.2) is 35.0 Å². The van der Waals surface area contributed by atoms with E-state index in [0.717, 1.165) is 0 Å². The maximum absolute atomic E-state index is 13.3. The van der Waals surface area contributed by atoms with Crippen molar-refractivity contribution in [1.82, 2.24) is 4.90 Å². The molecule has 0 atom stereocenters. The standard InChI is InChI=1S/C17H31N5O/c1-16(2,8-10-18)22(17(3,4)9-11-19)15(23)12-6-5-7-13(20)14(12)21/h5-7H,8-11,18-21H2,1-4H3. The number of para-hydroxylation sites is 1. The lowest BCUT2D eigenvalue weighted by atomic mass is 9.87. The number of anilines is 2. The first-order valence-corrected chi connectivity index (χ1v) is 7.97. The molecule has 6 heteroatoms. The van der Waals surface area contributed by atoms with Crippen molar-refractivity contribution in [3.05, 3.63) is 23.8 Å². The summed E-state index contributed by atoms with van der Waals surface area (Å²) in [5.74, 6) is -0.147. The minimum absolute atomic E-state index is 0.147. The zero-order valence-corrected chi connectivity index (χ0v) is 14.7. The van der Waals surface area contributed by atoms with Crippen LogP contribution in [-0.2, 0) is 0 Å². The van der Waals surface area contributed by atoms with Crippen LogP contribution in [0.2, 0.25) is 0 Å². The Bertz CT molecular complexity index is 536. The Kier molecular flexibility index (Phi) is 6.02. The highest BCUT2D eigenvalue weighted by Gasteiger charge is 2.41. The number of hydrogen-bond donors (Lipinski definition) is 4. The van der Waals surface area contributed by atoms with Crippen LogP contribution in [0.5, 0.6) is 0 Å². The van der Waals surface area contributed by atoms with E-state index >= 15 is 0 Å². The van der Waals surface area contributed by atoms with Gasteiger partial charge in [0.05, 0.1) is 16.9 Å². The maximum atomic E-state index is 13.3. The summed E-state index contributed by atoms with van der Waals surface area (Å²) in [6.45, 7) is 9.03. The Balaban J connectivity index is 3.39. The second kappa shape index (κ2) is 7.19. The van der Waals surface area contributed by atoms with Gasteiger partial charge in [-0.1, -0.05) is 6.07 Å². The first-order chi connectivity index (χ1) is 10.6. The Hall–Kier alpha value is -1.79. The smallest absolute Gasteiger partial charge is 0.256 e. The van der Waals surface area contributed by atoms with E-state index in [1.54, 1.807) is 18.2 Å². The number of nitrogen functional groups attached to an aromatic ring is 2. The minimum atomic E-state index is -0.429. The first-order valence-electron chi connectivity index (χ1n) is 7.97. The largest absolute Gasteiger partial charge is 0.397 e. The number of hydrogen-bond acceptors (Lipinski definition) is 5. The van der Waals surface area contributed by atoms with Crippen LogP contribution >= 0.6 is 0 Å². The number of rotatable bonds is 7. The van der Waals surface area contributed by atoms with Crippen molar-refractivity contribution in [2.45, 2.75) is 51.6 Å². The van der Waals surface area contributed by atoms with Gasteiger partial charge in [0, 0.05) is 11.1 Å². The van der Waals surface area contributed by atoms with Gasteiger partial charge in [-0.05, 0) is 65.8 Å². The van der Waals surface area contributed by atoms with E-state index in [2.05, 4.69) is 0 Å². The molecule has 0 aliphatic heterocycles. The summed E-state index contributed by atoms with van der Waals surface area (Å²) in [7, 11) is 0. The lowest BCUT2D eigenvalue weighted by Crippen LogP contribution is -2.59. The van der Waals surface area contributed by atoms with Gasteiger partial charge in [-0.2, -0.15) is 0 Å². The molecule has 1 aromatic rings. The minimum Gasteiger partial charge on any atom is -0.397 e. The molecule has 23 heavy (non-hydrogen) atoms. The third-order valence-corrected chi connectivity index (χ3v) is 4.30. The van der Waals surface area contributed by atoms with Gasteiger partial charge in [0.1, 0.15) is 0 Å². The molecule has 0 aliphatic rings. The normalized spacial score (nSPS) is 12.3. The monoisotopic (exact) mass is 321 g/mol. The second-order valence-electron chi connectivity index (χ2n) is 7.15. The van der Waals surface area contributed by atoms with E-state index in [1.807, 2.05) is 32.6 Å². The average Bonchev–Trinajstić information content (AvgIpc) is 2.40. The average molecular weight is 321 g/mol. The summed E-state index contributed by atoms with van der Waals surface area (Å²) in [6, 6.07) is 5.13. The third-order valence-electron chi connectivity index (χ3n) is 4.30. The van der Waals surface area contributed by atoms with E-state index < -0.39 is 11.1 Å². The van der Waals surface area contributed by atoms with E-state index in [-0.39, 0.29) is 5.91 Å². The van der Waals surface area contributed by atoms with Gasteiger partial charge in [0.25, 0.3) is 5.91 Å². The Morgan fingerprint density at radius 2 is 1.48 bits per heavy atom. The number of benzene rings is 1. The lowest BCUT2D eigenvalue weighted by molar-refractivity contribution is 0.0118. The molecule has 0 radical (unpaired) electrons. The van der Waals surface area contributed by atoms with Crippen LogP contribution in [0.1, 0.15) is 50.9 Å². The fourth-order valence-corrected chi connectivity index (χ4v) is 3.19. The highest BCUT2D eigenvalue weighted by molar-refractivity contribution is 6.02. The molecule has 6 nitrogen and oxygen atoms in total. The Morgan fingerprint density at radius 3 is 1.91 bits per heavy atom. The van der Waals surface area contributed by atoms with Crippen molar-refractivity contribution in [3.63, 3.8) is 0 Å². The van der Waals surface area contributed by atoms with Gasteiger partial charge >= 0.3 is 0 Å². The van der Waals surface area contributed by atoms with Crippen molar-refractivity contribution in [2.75, 3.05) is 24.6 Å². The quantitative estimate of drug-likeness (QED) is 0.567. The van der Waals surface area contributed by atoms with Crippen LogP contribution in [0.3, 0.4) is 0 Å². The number of nitrogens with zero attached hydrogens (tertiary/aromatic N) is 1. The fraction of sp³-hybridized carbons (Fsp3) is 0.588. The van der Waals surface area contributed by atoms with Gasteiger partial charge in [-0.25, -0.2) is 0 Å². The van der Waals surface area contributed by atoms with Gasteiger partial charge in [-0.3, -0.25) is 4.79 Å². The van der Waals surface area contributed by atoms with E-state index in [1.165, 1.54) is 0 Å². The highest BCUT2D eigenvalue weighted by Crippen LogP contribution is 2.33. The Morgan fingerprint density at radius 1 is 1.00 bits per heavy atom. The van der Waals surface area contributed by atoms with Crippen molar-refractivity contribution in [1.29, 1.82) is 0 Å². The van der Waals surface area contributed by atoms with Crippen LogP contribution in [0.25, 0.3) is 0 Å². The van der Waals surface area contributed by atoms with Crippen molar-refractivity contribution in [2.24, 2.45) is 11.5 Å². The zero-order valence-electron chi connectivity index (χ0n) is 14.7. The summed E-state index contributed by atoms with van der Waals surface area (Å²) < 4.78 is 0. The number of carbonyl (C=O) groups excluding carboxylic acids is 1. The van der Waals surface area contributed by atoms with Gasteiger partial charge in [0.15, 0.2) is 0 Å². The summed E-state index contributed by atoms with van der Waals surface area (Å²) in [6.07, 6.45) is 1.35. The second-order valence-corrected chi connectivity index (χ2v) is 7.15. The molecule has 8 N–H and O–H groups in total. The summed E-state index contributed by atoms with van der Waals surface area (Å²) in [5, 5.41) is 0. The fourth-order valence-electron chi connectivity index (χ4n) is 3.19. The topological polar surface area (TPSA) is 124 Å². The predicted molar refractivity (Wildman–Crippen MR) is 96.9 cm³/mol. The molecule has 0 aliphatic carbocycles. The molecule has 0 fully saturated rings. The van der Waals surface area contributed by atoms with E-state index in [0.29, 0.717) is 42.9 Å². The molecule has 0 saturated heterocycles. The van der Waals surface area contributed by atoms with E-state index in [4.69, 9.17) is 22.9 Å². The van der Waals surface area contributed by atoms with Crippen LogP contribution < -0.4 is 22.9 Å². The maximum Gasteiger partial charge on any atom is 0.256 e. The molecule has 0 saturated carbocycles.